The molecular weight excluding hydrogens is 385 g/mol. The lowest BCUT2D eigenvalue weighted by Crippen LogP contribution is -2.56. The molecule has 0 N–H and O–H groups in total. The first-order valence-corrected chi connectivity index (χ1v) is 10.1. The highest BCUT2D eigenvalue weighted by molar-refractivity contribution is 5.95. The Hall–Kier alpha value is -2.16. The standard InChI is InChI=1S/C20H27F3N4O2/c1-14-16(6-7-17(24-14)20(21,22)23)19(29)27-12-10-25(11-13-27)15(2)18(28)26-8-4-3-5-9-26/h6-7,15H,3-5,8-13H2,1-2H3. The monoisotopic (exact) mass is 412 g/mol. The SMILES string of the molecule is Cc1nc(C(F)(F)F)ccc1C(=O)N1CCN(C(C)C(=O)N2CCCCC2)CC1. The van der Waals surface area contributed by atoms with Gasteiger partial charge in [-0.15, -0.1) is 0 Å². The van der Waals surface area contributed by atoms with E-state index in [4.69, 9.17) is 0 Å². The number of hydrogen-bond donors (Lipinski definition) is 0. The molecule has 3 rings (SSSR count). The van der Waals surface area contributed by atoms with Crippen LogP contribution >= 0.6 is 0 Å². The Balaban J connectivity index is 1.59. The molecule has 2 amide bonds. The van der Waals surface area contributed by atoms with Crippen LogP contribution in [0.15, 0.2) is 12.1 Å². The highest BCUT2D eigenvalue weighted by atomic mass is 19.4. The Kier molecular flexibility index (Phi) is 6.45. The molecule has 0 saturated carbocycles. The van der Waals surface area contributed by atoms with E-state index in [2.05, 4.69) is 9.88 Å². The minimum absolute atomic E-state index is 0.0703. The van der Waals surface area contributed by atoms with Crippen molar-refractivity contribution in [3.05, 3.63) is 29.1 Å². The summed E-state index contributed by atoms with van der Waals surface area (Å²) in [4.78, 5) is 34.6. The summed E-state index contributed by atoms with van der Waals surface area (Å²) in [6.45, 7) is 6.90. The Labute approximate surface area is 168 Å². The Morgan fingerprint density at radius 1 is 0.966 bits per heavy atom. The molecule has 0 radical (unpaired) electrons. The topological polar surface area (TPSA) is 56.8 Å². The van der Waals surface area contributed by atoms with Gasteiger partial charge in [0.15, 0.2) is 0 Å². The van der Waals surface area contributed by atoms with Crippen LogP contribution in [-0.2, 0) is 11.0 Å². The maximum Gasteiger partial charge on any atom is 0.433 e. The summed E-state index contributed by atoms with van der Waals surface area (Å²) in [5.74, 6) is -0.189. The van der Waals surface area contributed by atoms with Gasteiger partial charge in [-0.2, -0.15) is 13.2 Å². The van der Waals surface area contributed by atoms with Gasteiger partial charge in [0.1, 0.15) is 5.69 Å². The number of hydrogen-bond acceptors (Lipinski definition) is 4. The van der Waals surface area contributed by atoms with Crippen molar-refractivity contribution in [1.29, 1.82) is 0 Å². The van der Waals surface area contributed by atoms with Crippen LogP contribution in [0, 0.1) is 6.92 Å². The van der Waals surface area contributed by atoms with Gasteiger partial charge in [-0.25, -0.2) is 4.98 Å². The van der Waals surface area contributed by atoms with Crippen LogP contribution in [0.5, 0.6) is 0 Å². The Morgan fingerprint density at radius 3 is 2.14 bits per heavy atom. The smallest absolute Gasteiger partial charge is 0.341 e. The Bertz CT molecular complexity index is 755. The normalized spacial score (nSPS) is 19.9. The number of piperidine rings is 1. The lowest BCUT2D eigenvalue weighted by atomic mass is 10.1. The van der Waals surface area contributed by atoms with E-state index in [1.165, 1.54) is 13.0 Å². The number of pyridine rings is 1. The largest absolute Gasteiger partial charge is 0.433 e. The molecule has 1 atom stereocenters. The minimum Gasteiger partial charge on any atom is -0.341 e. The molecule has 1 unspecified atom stereocenters. The number of aromatic nitrogens is 1. The second-order valence-corrected chi connectivity index (χ2v) is 7.72. The zero-order chi connectivity index (χ0) is 21.2. The van der Waals surface area contributed by atoms with Crippen molar-refractivity contribution >= 4 is 11.8 Å². The van der Waals surface area contributed by atoms with Gasteiger partial charge in [-0.3, -0.25) is 14.5 Å². The minimum atomic E-state index is -4.53. The molecule has 2 aliphatic heterocycles. The average molecular weight is 412 g/mol. The third-order valence-corrected chi connectivity index (χ3v) is 5.78. The third-order valence-electron chi connectivity index (χ3n) is 5.78. The second-order valence-electron chi connectivity index (χ2n) is 7.72. The predicted molar refractivity (Wildman–Crippen MR) is 101 cm³/mol. The predicted octanol–water partition coefficient (Wildman–Crippen LogP) is 2.57. The van der Waals surface area contributed by atoms with E-state index in [1.807, 2.05) is 11.8 Å². The summed E-state index contributed by atoms with van der Waals surface area (Å²) < 4.78 is 38.3. The van der Waals surface area contributed by atoms with Crippen molar-refractivity contribution in [1.82, 2.24) is 19.7 Å². The van der Waals surface area contributed by atoms with E-state index >= 15 is 0 Å². The fourth-order valence-corrected chi connectivity index (χ4v) is 3.96. The van der Waals surface area contributed by atoms with Gasteiger partial charge in [0.05, 0.1) is 17.3 Å². The molecule has 2 aliphatic rings. The number of carbonyl (C=O) groups is 2. The van der Waals surface area contributed by atoms with Crippen LogP contribution in [0.4, 0.5) is 13.2 Å². The number of rotatable bonds is 3. The Morgan fingerprint density at radius 2 is 1.59 bits per heavy atom. The summed E-state index contributed by atoms with van der Waals surface area (Å²) in [5, 5.41) is 0. The van der Waals surface area contributed by atoms with E-state index in [9.17, 15) is 22.8 Å². The lowest BCUT2D eigenvalue weighted by molar-refractivity contribution is -0.141. The number of halogens is 3. The molecule has 9 heteroatoms. The van der Waals surface area contributed by atoms with Crippen LogP contribution in [0.1, 0.15) is 47.9 Å². The molecule has 1 aromatic heterocycles. The molecule has 0 aliphatic carbocycles. The van der Waals surface area contributed by atoms with Crippen LogP contribution in [0.2, 0.25) is 0 Å². The molecule has 0 aromatic carbocycles. The molecule has 2 fully saturated rings. The maximum atomic E-state index is 12.8. The second kappa shape index (κ2) is 8.69. The van der Waals surface area contributed by atoms with Gasteiger partial charge in [0.25, 0.3) is 5.91 Å². The summed E-state index contributed by atoms with van der Waals surface area (Å²) in [6, 6.07) is 1.80. The van der Waals surface area contributed by atoms with E-state index < -0.39 is 11.9 Å². The molecule has 3 heterocycles. The van der Waals surface area contributed by atoms with Crippen molar-refractivity contribution in [2.45, 2.75) is 45.3 Å². The molecule has 6 nitrogen and oxygen atoms in total. The van der Waals surface area contributed by atoms with Crippen molar-refractivity contribution < 1.29 is 22.8 Å². The number of carbonyl (C=O) groups excluding carboxylic acids is 2. The number of piperazine rings is 1. The first-order chi connectivity index (χ1) is 13.7. The number of amides is 2. The van der Waals surface area contributed by atoms with Crippen molar-refractivity contribution in [2.75, 3.05) is 39.3 Å². The molecule has 2 saturated heterocycles. The van der Waals surface area contributed by atoms with Gasteiger partial charge >= 0.3 is 6.18 Å². The summed E-state index contributed by atoms with van der Waals surface area (Å²) >= 11 is 0. The number of nitrogens with zero attached hydrogens (tertiary/aromatic N) is 4. The van der Waals surface area contributed by atoms with Gasteiger partial charge in [0.2, 0.25) is 5.91 Å². The fourth-order valence-electron chi connectivity index (χ4n) is 3.96. The first kappa shape index (κ1) is 21.5. The number of likely N-dealkylation sites (tertiary alicyclic amines) is 1. The summed E-state index contributed by atoms with van der Waals surface area (Å²) in [6.07, 6.45) is -1.28. The quantitative estimate of drug-likeness (QED) is 0.766. The van der Waals surface area contributed by atoms with Gasteiger partial charge in [-0.05, 0) is 45.2 Å². The summed E-state index contributed by atoms with van der Waals surface area (Å²) in [7, 11) is 0. The number of aryl methyl sites for hydroxylation is 1. The van der Waals surface area contributed by atoms with E-state index in [1.54, 1.807) is 4.90 Å². The van der Waals surface area contributed by atoms with Crippen LogP contribution in [0.25, 0.3) is 0 Å². The molecule has 29 heavy (non-hydrogen) atoms. The molecule has 160 valence electrons. The van der Waals surface area contributed by atoms with E-state index in [-0.39, 0.29) is 29.1 Å². The van der Waals surface area contributed by atoms with Crippen LogP contribution < -0.4 is 0 Å². The van der Waals surface area contributed by atoms with Crippen molar-refractivity contribution in [3.63, 3.8) is 0 Å². The van der Waals surface area contributed by atoms with E-state index in [0.29, 0.717) is 26.2 Å². The van der Waals surface area contributed by atoms with Crippen molar-refractivity contribution in [3.8, 4) is 0 Å². The lowest BCUT2D eigenvalue weighted by Gasteiger charge is -2.39. The molecule has 0 bridgehead atoms. The third kappa shape index (κ3) is 4.88. The van der Waals surface area contributed by atoms with Gasteiger partial charge < -0.3 is 9.80 Å². The zero-order valence-corrected chi connectivity index (χ0v) is 16.8. The van der Waals surface area contributed by atoms with Gasteiger partial charge in [0, 0.05) is 39.3 Å². The zero-order valence-electron chi connectivity index (χ0n) is 16.8. The van der Waals surface area contributed by atoms with Crippen LogP contribution in [-0.4, -0.2) is 76.8 Å². The van der Waals surface area contributed by atoms with E-state index in [0.717, 1.165) is 38.4 Å². The van der Waals surface area contributed by atoms with Gasteiger partial charge in [-0.1, -0.05) is 0 Å². The fraction of sp³-hybridized carbons (Fsp3) is 0.650. The average Bonchev–Trinajstić information content (AvgIpc) is 2.72. The summed E-state index contributed by atoms with van der Waals surface area (Å²) in [5.41, 5.74) is -0.744. The maximum absolute atomic E-state index is 12.8. The molecule has 1 aromatic rings. The molecule has 0 spiro atoms. The van der Waals surface area contributed by atoms with Crippen molar-refractivity contribution in [2.24, 2.45) is 0 Å². The van der Waals surface area contributed by atoms with Crippen LogP contribution in [0.3, 0.4) is 0 Å². The molecular formula is C20H27F3N4O2. The first-order valence-electron chi connectivity index (χ1n) is 10.1. The number of alkyl halides is 3. The highest BCUT2D eigenvalue weighted by Gasteiger charge is 2.34. The highest BCUT2D eigenvalue weighted by Crippen LogP contribution is 2.28.